The van der Waals surface area contributed by atoms with Crippen LogP contribution in [0.2, 0.25) is 0 Å². The maximum absolute atomic E-state index is 12.2. The van der Waals surface area contributed by atoms with Crippen molar-refractivity contribution in [2.24, 2.45) is 17.8 Å². The summed E-state index contributed by atoms with van der Waals surface area (Å²) < 4.78 is 0. The predicted octanol–water partition coefficient (Wildman–Crippen LogP) is 2.32. The normalized spacial score (nSPS) is 25.9. The van der Waals surface area contributed by atoms with E-state index >= 15 is 0 Å². The van der Waals surface area contributed by atoms with Gasteiger partial charge in [0.25, 0.3) is 0 Å². The third-order valence-electron chi connectivity index (χ3n) is 4.91. The molecule has 0 aromatic heterocycles. The Kier molecular flexibility index (Phi) is 5.04. The van der Waals surface area contributed by atoms with E-state index in [0.717, 1.165) is 13.1 Å². The Balaban J connectivity index is 1.77. The Labute approximate surface area is 111 Å². The van der Waals surface area contributed by atoms with Crippen molar-refractivity contribution in [3.63, 3.8) is 0 Å². The van der Waals surface area contributed by atoms with Crippen LogP contribution in [0.3, 0.4) is 0 Å². The van der Waals surface area contributed by atoms with E-state index in [4.69, 9.17) is 0 Å². The zero-order valence-electron chi connectivity index (χ0n) is 11.9. The molecule has 2 atom stereocenters. The zero-order valence-corrected chi connectivity index (χ0v) is 11.9. The van der Waals surface area contributed by atoms with Gasteiger partial charge in [0, 0.05) is 12.0 Å². The summed E-state index contributed by atoms with van der Waals surface area (Å²) in [7, 11) is 0. The molecule has 2 fully saturated rings. The first kappa shape index (κ1) is 13.9. The van der Waals surface area contributed by atoms with Crippen molar-refractivity contribution >= 4 is 5.91 Å². The van der Waals surface area contributed by atoms with Crippen LogP contribution in [0.5, 0.6) is 0 Å². The van der Waals surface area contributed by atoms with Crippen LogP contribution in [0.1, 0.15) is 52.4 Å². The van der Waals surface area contributed by atoms with Gasteiger partial charge < -0.3 is 10.6 Å². The quantitative estimate of drug-likeness (QED) is 0.754. The van der Waals surface area contributed by atoms with Crippen molar-refractivity contribution in [1.82, 2.24) is 10.6 Å². The molecule has 3 nitrogen and oxygen atoms in total. The molecule has 1 aliphatic heterocycles. The zero-order chi connectivity index (χ0) is 13.0. The highest BCUT2D eigenvalue weighted by molar-refractivity contribution is 5.79. The third-order valence-corrected chi connectivity index (χ3v) is 4.91. The molecule has 0 aromatic carbocycles. The van der Waals surface area contributed by atoms with Crippen LogP contribution in [0.4, 0.5) is 0 Å². The summed E-state index contributed by atoms with van der Waals surface area (Å²) in [5, 5.41) is 6.50. The van der Waals surface area contributed by atoms with Crippen LogP contribution >= 0.6 is 0 Å². The molecule has 1 heterocycles. The number of amides is 1. The van der Waals surface area contributed by atoms with Crippen LogP contribution in [0.25, 0.3) is 0 Å². The first-order chi connectivity index (χ1) is 8.68. The van der Waals surface area contributed by atoms with E-state index in [0.29, 0.717) is 17.9 Å². The number of hydrogen-bond donors (Lipinski definition) is 2. The molecule has 104 valence electrons. The highest BCUT2D eigenvalue weighted by Gasteiger charge is 2.30. The number of carbonyl (C=O) groups excluding carboxylic acids is 1. The van der Waals surface area contributed by atoms with Crippen LogP contribution < -0.4 is 10.6 Å². The number of hydrogen-bond acceptors (Lipinski definition) is 2. The minimum Gasteiger partial charge on any atom is -0.353 e. The summed E-state index contributed by atoms with van der Waals surface area (Å²) in [5.41, 5.74) is 0. The van der Waals surface area contributed by atoms with Crippen LogP contribution in [0, 0.1) is 17.8 Å². The number of nitrogens with one attached hydrogen (secondary N) is 2. The molecule has 2 aliphatic rings. The molecule has 2 N–H and O–H groups in total. The van der Waals surface area contributed by atoms with Crippen molar-refractivity contribution in [3.8, 4) is 0 Å². The van der Waals surface area contributed by atoms with Gasteiger partial charge in [-0.1, -0.05) is 32.6 Å². The molecule has 1 unspecified atom stereocenters. The molecule has 2 rings (SSSR count). The maximum Gasteiger partial charge on any atom is 0.223 e. The van der Waals surface area contributed by atoms with Crippen molar-refractivity contribution in [2.75, 3.05) is 13.1 Å². The van der Waals surface area contributed by atoms with Gasteiger partial charge in [-0.25, -0.2) is 0 Å². The minimum absolute atomic E-state index is 0.166. The summed E-state index contributed by atoms with van der Waals surface area (Å²) >= 11 is 0. The second-order valence-corrected chi connectivity index (χ2v) is 6.26. The minimum atomic E-state index is 0.166. The molecule has 0 spiro atoms. The van der Waals surface area contributed by atoms with Gasteiger partial charge in [-0.15, -0.1) is 0 Å². The molecule has 18 heavy (non-hydrogen) atoms. The van der Waals surface area contributed by atoms with Gasteiger partial charge in [0.2, 0.25) is 5.91 Å². The van der Waals surface area contributed by atoms with Crippen LogP contribution in [0.15, 0.2) is 0 Å². The van der Waals surface area contributed by atoms with E-state index in [2.05, 4.69) is 24.5 Å². The lowest BCUT2D eigenvalue weighted by Gasteiger charge is -2.33. The van der Waals surface area contributed by atoms with Crippen molar-refractivity contribution in [3.05, 3.63) is 0 Å². The largest absolute Gasteiger partial charge is 0.353 e. The average Bonchev–Trinajstić information content (AvgIpc) is 2.54. The summed E-state index contributed by atoms with van der Waals surface area (Å²) in [6.45, 7) is 6.28. The molecular formula is C15H28N2O. The van der Waals surface area contributed by atoms with Gasteiger partial charge in [-0.05, 0) is 44.7 Å². The number of rotatable bonds is 4. The lowest BCUT2D eigenvalue weighted by atomic mass is 9.87. The molecule has 1 amide bonds. The highest BCUT2D eigenvalue weighted by atomic mass is 16.1. The van der Waals surface area contributed by atoms with Gasteiger partial charge in [0.1, 0.15) is 0 Å². The van der Waals surface area contributed by atoms with E-state index in [1.807, 2.05) is 0 Å². The Morgan fingerprint density at radius 3 is 2.17 bits per heavy atom. The highest BCUT2D eigenvalue weighted by Crippen LogP contribution is 2.26. The molecule has 1 aliphatic carbocycles. The first-order valence-corrected chi connectivity index (χ1v) is 7.69. The first-order valence-electron chi connectivity index (χ1n) is 7.69. The lowest BCUT2D eigenvalue weighted by Crippen LogP contribution is -2.51. The van der Waals surface area contributed by atoms with Crippen LogP contribution in [-0.2, 0) is 4.79 Å². The van der Waals surface area contributed by atoms with Crippen molar-refractivity contribution in [2.45, 2.75) is 58.4 Å². The van der Waals surface area contributed by atoms with E-state index < -0.39 is 0 Å². The predicted molar refractivity (Wildman–Crippen MR) is 74.3 cm³/mol. The Bertz CT molecular complexity index is 268. The summed E-state index contributed by atoms with van der Waals surface area (Å²) in [5.74, 6) is 1.67. The molecule has 1 saturated heterocycles. The van der Waals surface area contributed by atoms with Crippen molar-refractivity contribution in [1.29, 1.82) is 0 Å². The fraction of sp³-hybridized carbons (Fsp3) is 0.933. The van der Waals surface area contributed by atoms with Crippen LogP contribution in [-0.4, -0.2) is 25.0 Å². The Morgan fingerprint density at radius 2 is 1.67 bits per heavy atom. The van der Waals surface area contributed by atoms with Gasteiger partial charge in [0.05, 0.1) is 0 Å². The van der Waals surface area contributed by atoms with E-state index in [1.165, 1.54) is 38.5 Å². The maximum atomic E-state index is 12.2. The molecular weight excluding hydrogens is 224 g/mol. The van der Waals surface area contributed by atoms with Gasteiger partial charge in [-0.3, -0.25) is 4.79 Å². The fourth-order valence-electron chi connectivity index (χ4n) is 3.16. The van der Waals surface area contributed by atoms with Gasteiger partial charge in [-0.2, -0.15) is 0 Å². The average molecular weight is 252 g/mol. The SMILES string of the molecule is CC(C(=O)N[C@H](C)C1CCCCCC1)C1CNC1. The monoisotopic (exact) mass is 252 g/mol. The Morgan fingerprint density at radius 1 is 1.06 bits per heavy atom. The van der Waals surface area contributed by atoms with Crippen molar-refractivity contribution < 1.29 is 4.79 Å². The lowest BCUT2D eigenvalue weighted by molar-refractivity contribution is -0.127. The topological polar surface area (TPSA) is 41.1 Å². The Hall–Kier alpha value is -0.570. The van der Waals surface area contributed by atoms with E-state index in [-0.39, 0.29) is 11.8 Å². The molecule has 0 aromatic rings. The summed E-state index contributed by atoms with van der Waals surface area (Å²) in [4.78, 5) is 12.2. The third kappa shape index (κ3) is 3.47. The second kappa shape index (κ2) is 6.55. The second-order valence-electron chi connectivity index (χ2n) is 6.26. The van der Waals surface area contributed by atoms with Gasteiger partial charge >= 0.3 is 0 Å². The number of carbonyl (C=O) groups is 1. The van der Waals surface area contributed by atoms with E-state index in [9.17, 15) is 4.79 Å². The van der Waals surface area contributed by atoms with E-state index in [1.54, 1.807) is 0 Å². The molecule has 0 radical (unpaired) electrons. The summed E-state index contributed by atoms with van der Waals surface area (Å²) in [6.07, 6.45) is 8.02. The standard InChI is InChI=1S/C15H28N2O/c1-11(14-9-16-10-14)15(18)17-12(2)13-7-5-3-4-6-8-13/h11-14,16H,3-10H2,1-2H3,(H,17,18)/t11?,12-/m1/s1. The summed E-state index contributed by atoms with van der Waals surface area (Å²) in [6, 6.07) is 0.353. The smallest absolute Gasteiger partial charge is 0.223 e. The van der Waals surface area contributed by atoms with Gasteiger partial charge in [0.15, 0.2) is 0 Å². The molecule has 0 bridgehead atoms. The molecule has 1 saturated carbocycles. The molecule has 3 heteroatoms. The fourth-order valence-corrected chi connectivity index (χ4v) is 3.16.